The summed E-state index contributed by atoms with van der Waals surface area (Å²) in [6.45, 7) is 5.05. The van der Waals surface area contributed by atoms with Gasteiger partial charge in [0.25, 0.3) is 0 Å². The maximum atomic E-state index is 12.6. The van der Waals surface area contributed by atoms with E-state index < -0.39 is 0 Å². The minimum Gasteiger partial charge on any atom is -0.349 e. The fraction of sp³-hybridized carbons (Fsp3) is 0.333. The summed E-state index contributed by atoms with van der Waals surface area (Å²) in [6, 6.07) is 14.0. The van der Waals surface area contributed by atoms with Crippen molar-refractivity contribution in [1.29, 1.82) is 0 Å². The summed E-state index contributed by atoms with van der Waals surface area (Å²) in [4.78, 5) is 17.0. The number of hydrogen-bond acceptors (Lipinski definition) is 2. The number of carbonyl (C=O) groups is 1. The molecule has 1 N–H and O–H groups in total. The van der Waals surface area contributed by atoms with Gasteiger partial charge in [-0.25, -0.2) is 4.98 Å². The van der Waals surface area contributed by atoms with Gasteiger partial charge in [0.2, 0.25) is 5.91 Å². The molecule has 2 aromatic heterocycles. The van der Waals surface area contributed by atoms with E-state index in [-0.39, 0.29) is 11.9 Å². The van der Waals surface area contributed by atoms with Crippen LogP contribution in [0.25, 0.3) is 0 Å². The number of nitrogens with zero attached hydrogens (tertiary/aromatic N) is 3. The second kappa shape index (κ2) is 8.04. The first-order valence-corrected chi connectivity index (χ1v) is 9.00. The molecule has 1 aromatic carbocycles. The highest BCUT2D eigenvalue weighted by atomic mass is 16.1. The molecule has 0 aliphatic carbocycles. The van der Waals surface area contributed by atoms with Gasteiger partial charge in [0.05, 0.1) is 0 Å². The minimum atomic E-state index is -0.237. The van der Waals surface area contributed by atoms with E-state index in [2.05, 4.69) is 40.8 Å². The SMILES string of the molecule is Cc1ccc(C)n1CCCC(=O)N[C@@H](c1ccccc1)c1nccn1C. The second-order valence-electron chi connectivity index (χ2n) is 6.68. The number of imidazole rings is 1. The van der Waals surface area contributed by atoms with E-state index in [1.807, 2.05) is 48.1 Å². The average Bonchev–Trinajstić information content (AvgIpc) is 3.20. The number of amides is 1. The molecule has 0 saturated heterocycles. The maximum absolute atomic E-state index is 12.6. The fourth-order valence-electron chi connectivity index (χ4n) is 3.28. The van der Waals surface area contributed by atoms with Crippen molar-refractivity contribution in [2.75, 3.05) is 0 Å². The lowest BCUT2D eigenvalue weighted by molar-refractivity contribution is -0.121. The zero-order valence-corrected chi connectivity index (χ0v) is 15.6. The summed E-state index contributed by atoms with van der Waals surface area (Å²) < 4.78 is 4.20. The van der Waals surface area contributed by atoms with Gasteiger partial charge in [-0.2, -0.15) is 0 Å². The normalized spacial score (nSPS) is 12.1. The molecule has 0 spiro atoms. The van der Waals surface area contributed by atoms with Gasteiger partial charge in [-0.1, -0.05) is 30.3 Å². The molecule has 3 rings (SSSR count). The van der Waals surface area contributed by atoms with Crippen LogP contribution >= 0.6 is 0 Å². The molecular formula is C21H26N4O. The summed E-state index contributed by atoms with van der Waals surface area (Å²) >= 11 is 0. The van der Waals surface area contributed by atoms with Gasteiger partial charge in [0, 0.05) is 43.8 Å². The fourth-order valence-corrected chi connectivity index (χ4v) is 3.28. The number of carbonyl (C=O) groups excluding carboxylic acids is 1. The third-order valence-corrected chi connectivity index (χ3v) is 4.76. The Kier molecular flexibility index (Phi) is 5.56. The molecule has 0 bridgehead atoms. The van der Waals surface area contributed by atoms with Crippen molar-refractivity contribution >= 4 is 5.91 Å². The zero-order chi connectivity index (χ0) is 18.5. The van der Waals surface area contributed by atoms with Crippen LogP contribution in [0.4, 0.5) is 0 Å². The molecule has 136 valence electrons. The van der Waals surface area contributed by atoms with Gasteiger partial charge < -0.3 is 14.5 Å². The first kappa shape index (κ1) is 18.0. The summed E-state index contributed by atoms with van der Waals surface area (Å²) in [5, 5.41) is 3.15. The first-order valence-electron chi connectivity index (χ1n) is 9.00. The van der Waals surface area contributed by atoms with Crippen LogP contribution in [-0.4, -0.2) is 20.0 Å². The summed E-state index contributed by atoms with van der Waals surface area (Å²) in [5.74, 6) is 0.881. The topological polar surface area (TPSA) is 51.9 Å². The van der Waals surface area contributed by atoms with Crippen LogP contribution in [0.1, 0.15) is 41.7 Å². The van der Waals surface area contributed by atoms with Crippen LogP contribution in [0.15, 0.2) is 54.9 Å². The summed E-state index contributed by atoms with van der Waals surface area (Å²) in [5.41, 5.74) is 3.50. The van der Waals surface area contributed by atoms with Crippen LogP contribution in [0.3, 0.4) is 0 Å². The van der Waals surface area contributed by atoms with Crippen molar-refractivity contribution in [3.05, 3.63) is 77.6 Å². The quantitative estimate of drug-likeness (QED) is 0.709. The molecular weight excluding hydrogens is 324 g/mol. The molecule has 1 atom stereocenters. The zero-order valence-electron chi connectivity index (χ0n) is 15.6. The van der Waals surface area contributed by atoms with Crippen molar-refractivity contribution in [1.82, 2.24) is 19.4 Å². The van der Waals surface area contributed by atoms with Crippen LogP contribution in [-0.2, 0) is 18.4 Å². The molecule has 0 unspecified atom stereocenters. The van der Waals surface area contributed by atoms with Crippen LogP contribution in [0.5, 0.6) is 0 Å². The Bertz CT molecular complexity index is 844. The second-order valence-corrected chi connectivity index (χ2v) is 6.68. The van der Waals surface area contributed by atoms with E-state index in [4.69, 9.17) is 0 Å². The monoisotopic (exact) mass is 350 g/mol. The third kappa shape index (κ3) is 4.04. The highest BCUT2D eigenvalue weighted by molar-refractivity contribution is 5.76. The number of benzene rings is 1. The Morgan fingerprint density at radius 2 is 1.81 bits per heavy atom. The molecule has 5 heteroatoms. The van der Waals surface area contributed by atoms with Gasteiger partial charge in [-0.05, 0) is 38.0 Å². The molecule has 26 heavy (non-hydrogen) atoms. The Labute approximate surface area is 154 Å². The molecule has 1 amide bonds. The van der Waals surface area contributed by atoms with Crippen LogP contribution in [0.2, 0.25) is 0 Å². The van der Waals surface area contributed by atoms with Gasteiger partial charge >= 0.3 is 0 Å². The van der Waals surface area contributed by atoms with Gasteiger partial charge in [-0.15, -0.1) is 0 Å². The number of nitrogens with one attached hydrogen (secondary N) is 1. The first-order chi connectivity index (χ1) is 12.6. The smallest absolute Gasteiger partial charge is 0.220 e. The van der Waals surface area contributed by atoms with Gasteiger partial charge in [0.1, 0.15) is 11.9 Å². The molecule has 5 nitrogen and oxygen atoms in total. The number of rotatable bonds is 7. The Balaban J connectivity index is 1.65. The standard InChI is InChI=1S/C21H26N4O/c1-16-11-12-17(2)25(16)14-7-10-19(26)23-20(18-8-5-4-6-9-18)21-22-13-15-24(21)3/h4-6,8-9,11-13,15,20H,7,10,14H2,1-3H3,(H,23,26)/t20-/m0/s1. The molecule has 3 aromatic rings. The Hall–Kier alpha value is -2.82. The van der Waals surface area contributed by atoms with Gasteiger partial charge in [-0.3, -0.25) is 4.79 Å². The predicted octanol–water partition coefficient (Wildman–Crippen LogP) is 3.52. The lowest BCUT2D eigenvalue weighted by atomic mass is 10.1. The van der Waals surface area contributed by atoms with E-state index in [0.717, 1.165) is 24.4 Å². The number of aromatic nitrogens is 3. The maximum Gasteiger partial charge on any atom is 0.220 e. The van der Waals surface area contributed by atoms with Crippen molar-refractivity contribution in [3.63, 3.8) is 0 Å². The average molecular weight is 350 g/mol. The van der Waals surface area contributed by atoms with E-state index in [0.29, 0.717) is 6.42 Å². The molecule has 2 heterocycles. The molecule has 0 aliphatic heterocycles. The van der Waals surface area contributed by atoms with Crippen molar-refractivity contribution in [2.24, 2.45) is 7.05 Å². The van der Waals surface area contributed by atoms with E-state index in [1.54, 1.807) is 6.20 Å². The predicted molar refractivity (Wildman–Crippen MR) is 103 cm³/mol. The van der Waals surface area contributed by atoms with E-state index in [9.17, 15) is 4.79 Å². The molecule has 0 radical (unpaired) electrons. The van der Waals surface area contributed by atoms with Crippen LogP contribution < -0.4 is 5.32 Å². The highest BCUT2D eigenvalue weighted by Gasteiger charge is 2.20. The lowest BCUT2D eigenvalue weighted by Crippen LogP contribution is -2.31. The van der Waals surface area contributed by atoms with Crippen molar-refractivity contribution < 1.29 is 4.79 Å². The largest absolute Gasteiger partial charge is 0.349 e. The Morgan fingerprint density at radius 1 is 1.12 bits per heavy atom. The van der Waals surface area contributed by atoms with Crippen molar-refractivity contribution in [3.8, 4) is 0 Å². The van der Waals surface area contributed by atoms with Crippen molar-refractivity contribution in [2.45, 2.75) is 39.3 Å². The minimum absolute atomic E-state index is 0.0457. The Morgan fingerprint density at radius 3 is 2.42 bits per heavy atom. The molecule has 0 saturated carbocycles. The summed E-state index contributed by atoms with van der Waals surface area (Å²) in [7, 11) is 1.95. The van der Waals surface area contributed by atoms with Gasteiger partial charge in [0.15, 0.2) is 0 Å². The lowest BCUT2D eigenvalue weighted by Gasteiger charge is -2.19. The number of hydrogen-bond donors (Lipinski definition) is 1. The third-order valence-electron chi connectivity index (χ3n) is 4.76. The highest BCUT2D eigenvalue weighted by Crippen LogP contribution is 2.20. The summed E-state index contributed by atoms with van der Waals surface area (Å²) in [6.07, 6.45) is 4.96. The number of aryl methyl sites for hydroxylation is 3. The molecule has 0 aliphatic rings. The molecule has 0 fully saturated rings. The van der Waals surface area contributed by atoms with E-state index in [1.165, 1.54) is 11.4 Å². The van der Waals surface area contributed by atoms with E-state index >= 15 is 0 Å². The van der Waals surface area contributed by atoms with Crippen LogP contribution in [0, 0.1) is 13.8 Å².